The Morgan fingerprint density at radius 2 is 2.25 bits per heavy atom. The van der Waals surface area contributed by atoms with Gasteiger partial charge in [0, 0.05) is 12.1 Å². The average Bonchev–Trinajstić information content (AvgIpc) is 2.49. The molecule has 2 N–H and O–H groups in total. The molecular weight excluding hydrogens is 250 g/mol. The summed E-state index contributed by atoms with van der Waals surface area (Å²) in [7, 11) is 1.68. The summed E-state index contributed by atoms with van der Waals surface area (Å²) >= 11 is 0. The molecule has 1 aliphatic carbocycles. The van der Waals surface area contributed by atoms with Gasteiger partial charge in [0.1, 0.15) is 17.6 Å². The van der Waals surface area contributed by atoms with E-state index in [0.29, 0.717) is 0 Å². The summed E-state index contributed by atoms with van der Waals surface area (Å²) in [4.78, 5) is 0. The molecule has 0 bridgehead atoms. The molecule has 1 aromatic rings. The minimum Gasteiger partial charge on any atom is -0.497 e. The minimum atomic E-state index is 0.174. The minimum absolute atomic E-state index is 0.174. The molecule has 0 radical (unpaired) electrons. The van der Waals surface area contributed by atoms with Gasteiger partial charge in [-0.2, -0.15) is 0 Å². The van der Waals surface area contributed by atoms with Crippen LogP contribution < -0.4 is 15.2 Å². The van der Waals surface area contributed by atoms with Crippen LogP contribution in [0.2, 0.25) is 0 Å². The zero-order chi connectivity index (χ0) is 14.4. The van der Waals surface area contributed by atoms with Gasteiger partial charge in [-0.1, -0.05) is 19.1 Å². The van der Waals surface area contributed by atoms with E-state index < -0.39 is 0 Å². The molecule has 3 nitrogen and oxygen atoms in total. The summed E-state index contributed by atoms with van der Waals surface area (Å²) in [5.74, 6) is 1.73. The van der Waals surface area contributed by atoms with E-state index in [-0.39, 0.29) is 12.1 Å². The molecule has 0 fully saturated rings. The van der Waals surface area contributed by atoms with Crippen LogP contribution in [0.5, 0.6) is 11.5 Å². The van der Waals surface area contributed by atoms with E-state index >= 15 is 0 Å². The molecule has 0 amide bonds. The second-order valence-electron chi connectivity index (χ2n) is 5.36. The predicted molar refractivity (Wildman–Crippen MR) is 82.4 cm³/mol. The SMILES string of the molecule is CCC(N)Cc1ccc(OC)cc1OC1C=CCCC1. The molecular formula is C17H25NO2. The van der Waals surface area contributed by atoms with Crippen molar-refractivity contribution in [2.24, 2.45) is 5.73 Å². The number of hydrogen-bond donors (Lipinski definition) is 1. The molecule has 20 heavy (non-hydrogen) atoms. The molecule has 1 aromatic carbocycles. The number of ether oxygens (including phenoxy) is 2. The normalized spacial score (nSPS) is 19.6. The fourth-order valence-corrected chi connectivity index (χ4v) is 2.41. The second-order valence-corrected chi connectivity index (χ2v) is 5.36. The fraction of sp³-hybridized carbons (Fsp3) is 0.529. The molecule has 0 aliphatic heterocycles. The Morgan fingerprint density at radius 1 is 1.40 bits per heavy atom. The quantitative estimate of drug-likeness (QED) is 0.809. The highest BCUT2D eigenvalue weighted by atomic mass is 16.5. The van der Waals surface area contributed by atoms with Crippen LogP contribution in [0.1, 0.15) is 38.2 Å². The smallest absolute Gasteiger partial charge is 0.127 e. The molecule has 3 heteroatoms. The van der Waals surface area contributed by atoms with E-state index in [9.17, 15) is 0 Å². The van der Waals surface area contributed by atoms with E-state index in [2.05, 4.69) is 25.1 Å². The number of rotatable bonds is 6. The Bertz CT molecular complexity index is 456. The van der Waals surface area contributed by atoms with Crippen molar-refractivity contribution in [3.8, 4) is 11.5 Å². The van der Waals surface area contributed by atoms with Crippen LogP contribution in [0.3, 0.4) is 0 Å². The van der Waals surface area contributed by atoms with Gasteiger partial charge in [-0.05, 0) is 49.8 Å². The lowest BCUT2D eigenvalue weighted by molar-refractivity contribution is 0.226. The Labute approximate surface area is 121 Å². The van der Waals surface area contributed by atoms with E-state index in [0.717, 1.165) is 37.2 Å². The van der Waals surface area contributed by atoms with Crippen molar-refractivity contribution >= 4 is 0 Å². The molecule has 0 saturated carbocycles. The van der Waals surface area contributed by atoms with Crippen LogP contribution in [0.15, 0.2) is 30.4 Å². The second kappa shape index (κ2) is 7.34. The van der Waals surface area contributed by atoms with Gasteiger partial charge in [-0.3, -0.25) is 0 Å². The molecule has 0 saturated heterocycles. The van der Waals surface area contributed by atoms with Crippen molar-refractivity contribution in [3.05, 3.63) is 35.9 Å². The average molecular weight is 275 g/mol. The largest absolute Gasteiger partial charge is 0.497 e. The van der Waals surface area contributed by atoms with Gasteiger partial charge in [-0.15, -0.1) is 0 Å². The Hall–Kier alpha value is -1.48. The Balaban J connectivity index is 2.17. The van der Waals surface area contributed by atoms with Gasteiger partial charge in [0.15, 0.2) is 0 Å². The highest BCUT2D eigenvalue weighted by Gasteiger charge is 2.14. The molecule has 110 valence electrons. The highest BCUT2D eigenvalue weighted by Crippen LogP contribution is 2.28. The van der Waals surface area contributed by atoms with E-state index in [1.807, 2.05) is 12.1 Å². The highest BCUT2D eigenvalue weighted by molar-refractivity contribution is 5.41. The van der Waals surface area contributed by atoms with Crippen LogP contribution in [-0.2, 0) is 6.42 Å². The number of hydrogen-bond acceptors (Lipinski definition) is 3. The maximum absolute atomic E-state index is 6.15. The number of methoxy groups -OCH3 is 1. The first-order valence-electron chi connectivity index (χ1n) is 7.48. The van der Waals surface area contributed by atoms with E-state index in [1.165, 1.54) is 12.0 Å². The standard InChI is InChI=1S/C17H25NO2/c1-3-14(18)11-13-9-10-16(19-2)12-17(13)20-15-7-5-4-6-8-15/h5,7,9-10,12,14-15H,3-4,6,8,11,18H2,1-2H3. The van der Waals surface area contributed by atoms with Crippen LogP contribution in [-0.4, -0.2) is 19.3 Å². The summed E-state index contributed by atoms with van der Waals surface area (Å²) in [6.07, 6.45) is 9.76. The zero-order valence-corrected chi connectivity index (χ0v) is 12.5. The zero-order valence-electron chi connectivity index (χ0n) is 12.5. The number of benzene rings is 1. The first-order chi connectivity index (χ1) is 9.72. The van der Waals surface area contributed by atoms with E-state index in [1.54, 1.807) is 7.11 Å². The van der Waals surface area contributed by atoms with Crippen LogP contribution in [0.25, 0.3) is 0 Å². The third-order valence-electron chi connectivity index (χ3n) is 3.77. The van der Waals surface area contributed by atoms with Crippen LogP contribution in [0.4, 0.5) is 0 Å². The van der Waals surface area contributed by atoms with Gasteiger partial charge in [0.2, 0.25) is 0 Å². The Morgan fingerprint density at radius 3 is 2.90 bits per heavy atom. The lowest BCUT2D eigenvalue weighted by Gasteiger charge is -2.22. The van der Waals surface area contributed by atoms with Gasteiger partial charge in [-0.25, -0.2) is 0 Å². The summed E-state index contributed by atoms with van der Waals surface area (Å²) in [6, 6.07) is 6.19. The molecule has 0 spiro atoms. The first kappa shape index (κ1) is 14.9. The molecule has 0 heterocycles. The van der Waals surface area contributed by atoms with Gasteiger partial charge < -0.3 is 15.2 Å². The maximum Gasteiger partial charge on any atom is 0.127 e. The van der Waals surface area contributed by atoms with Crippen molar-refractivity contribution in [2.45, 2.75) is 51.2 Å². The first-order valence-corrected chi connectivity index (χ1v) is 7.48. The van der Waals surface area contributed by atoms with Crippen molar-refractivity contribution in [3.63, 3.8) is 0 Å². The topological polar surface area (TPSA) is 44.5 Å². The molecule has 0 aromatic heterocycles. The third-order valence-corrected chi connectivity index (χ3v) is 3.77. The number of allylic oxidation sites excluding steroid dienone is 1. The van der Waals surface area contributed by atoms with Crippen molar-refractivity contribution in [1.82, 2.24) is 0 Å². The molecule has 2 rings (SSSR count). The van der Waals surface area contributed by atoms with Gasteiger partial charge in [0.25, 0.3) is 0 Å². The summed E-state index contributed by atoms with van der Waals surface area (Å²) in [6.45, 7) is 2.11. The van der Waals surface area contributed by atoms with Crippen LogP contribution >= 0.6 is 0 Å². The predicted octanol–water partition coefficient (Wildman–Crippen LogP) is 3.46. The summed E-state index contributed by atoms with van der Waals surface area (Å²) < 4.78 is 11.5. The molecule has 2 unspecified atom stereocenters. The van der Waals surface area contributed by atoms with Crippen molar-refractivity contribution < 1.29 is 9.47 Å². The van der Waals surface area contributed by atoms with E-state index in [4.69, 9.17) is 15.2 Å². The maximum atomic E-state index is 6.15. The lowest BCUT2D eigenvalue weighted by Crippen LogP contribution is -2.23. The van der Waals surface area contributed by atoms with Gasteiger partial charge in [0.05, 0.1) is 7.11 Å². The summed E-state index contributed by atoms with van der Waals surface area (Å²) in [5, 5.41) is 0. The Kier molecular flexibility index (Phi) is 5.48. The molecule has 1 aliphatic rings. The third kappa shape index (κ3) is 4.01. The fourth-order valence-electron chi connectivity index (χ4n) is 2.41. The monoisotopic (exact) mass is 275 g/mol. The molecule has 2 atom stereocenters. The number of nitrogens with two attached hydrogens (primary N) is 1. The van der Waals surface area contributed by atoms with Crippen molar-refractivity contribution in [1.29, 1.82) is 0 Å². The lowest BCUT2D eigenvalue weighted by atomic mass is 10.0. The van der Waals surface area contributed by atoms with Crippen LogP contribution in [0, 0.1) is 0 Å². The summed E-state index contributed by atoms with van der Waals surface area (Å²) in [5.41, 5.74) is 7.24. The van der Waals surface area contributed by atoms with Crippen molar-refractivity contribution in [2.75, 3.05) is 7.11 Å². The van der Waals surface area contributed by atoms with Gasteiger partial charge >= 0.3 is 0 Å².